The lowest BCUT2D eigenvalue weighted by Crippen LogP contribution is -2.36. The highest BCUT2D eigenvalue weighted by Gasteiger charge is 2.23. The highest BCUT2D eigenvalue weighted by Crippen LogP contribution is 2.32. The van der Waals surface area contributed by atoms with E-state index >= 15 is 0 Å². The first-order valence-corrected chi connectivity index (χ1v) is 11.6. The molecule has 2 atom stereocenters. The van der Waals surface area contributed by atoms with Gasteiger partial charge >= 0.3 is 0 Å². The number of pyridine rings is 1. The minimum atomic E-state index is -0.626. The van der Waals surface area contributed by atoms with Gasteiger partial charge in [-0.1, -0.05) is 11.6 Å². The molecule has 1 fully saturated rings. The van der Waals surface area contributed by atoms with Gasteiger partial charge in [-0.3, -0.25) is 9.78 Å². The first-order chi connectivity index (χ1) is 16.9. The van der Waals surface area contributed by atoms with Crippen LogP contribution in [0.25, 0.3) is 11.1 Å². The summed E-state index contributed by atoms with van der Waals surface area (Å²) in [6.45, 7) is 3.05. The Kier molecular flexibility index (Phi) is 6.43. The summed E-state index contributed by atoms with van der Waals surface area (Å²) in [7, 11) is 0. The van der Waals surface area contributed by atoms with Crippen LogP contribution in [0.4, 0.5) is 11.7 Å². The number of carbonyl (C=O) groups is 1. The number of carbonyl (C=O) groups excluding carboxylic acids is 1. The van der Waals surface area contributed by atoms with Gasteiger partial charge in [0.25, 0.3) is 11.9 Å². The van der Waals surface area contributed by atoms with E-state index in [4.69, 9.17) is 31.2 Å². The first kappa shape index (κ1) is 22.9. The molecule has 10 heteroatoms. The Morgan fingerprint density at radius 3 is 2.89 bits per heavy atom. The van der Waals surface area contributed by atoms with E-state index in [1.165, 1.54) is 12.3 Å². The molecule has 1 amide bonds. The summed E-state index contributed by atoms with van der Waals surface area (Å²) in [5.74, 6) is 0.928. The van der Waals surface area contributed by atoms with Crippen LogP contribution in [0.15, 0.2) is 59.1 Å². The fraction of sp³-hybridized carbons (Fsp3) is 0.240. The SMILES string of the molecule is CC(Oc1cc(Nc2nc3cc(Oc4ccnc(C(N)=O)c4)ccc3o2)ccc1Cl)C1CCCN1. The van der Waals surface area contributed by atoms with Crippen molar-refractivity contribution in [2.75, 3.05) is 11.9 Å². The predicted octanol–water partition coefficient (Wildman–Crippen LogP) is 5.03. The normalized spacial score (nSPS) is 16.2. The molecular weight excluding hydrogens is 470 g/mol. The topological polar surface area (TPSA) is 125 Å². The second-order valence-electron chi connectivity index (χ2n) is 8.29. The number of nitrogens with zero attached hydrogens (tertiary/aromatic N) is 2. The number of primary amides is 1. The Balaban J connectivity index is 1.31. The van der Waals surface area contributed by atoms with Gasteiger partial charge in [0, 0.05) is 36.1 Å². The number of rotatable bonds is 8. The lowest BCUT2D eigenvalue weighted by Gasteiger charge is -2.22. The van der Waals surface area contributed by atoms with Gasteiger partial charge in [0.2, 0.25) is 0 Å². The van der Waals surface area contributed by atoms with E-state index in [1.807, 2.05) is 19.1 Å². The molecule has 0 saturated carbocycles. The van der Waals surface area contributed by atoms with Gasteiger partial charge in [-0.05, 0) is 56.6 Å². The maximum absolute atomic E-state index is 11.3. The van der Waals surface area contributed by atoms with E-state index in [0.29, 0.717) is 45.4 Å². The molecule has 4 aromatic rings. The average molecular weight is 494 g/mol. The molecule has 2 aromatic heterocycles. The van der Waals surface area contributed by atoms with Crippen LogP contribution in [-0.4, -0.2) is 34.6 Å². The van der Waals surface area contributed by atoms with Crippen molar-refractivity contribution in [1.29, 1.82) is 0 Å². The highest BCUT2D eigenvalue weighted by molar-refractivity contribution is 6.32. The molecular formula is C25H24ClN5O4. The van der Waals surface area contributed by atoms with Crippen molar-refractivity contribution >= 4 is 40.3 Å². The Labute approximate surface area is 206 Å². The third-order valence-corrected chi connectivity index (χ3v) is 6.05. The minimum absolute atomic E-state index is 0.00700. The molecule has 180 valence electrons. The highest BCUT2D eigenvalue weighted by atomic mass is 35.5. The van der Waals surface area contributed by atoms with E-state index in [0.717, 1.165) is 25.1 Å². The number of oxazole rings is 1. The van der Waals surface area contributed by atoms with Gasteiger partial charge in [-0.2, -0.15) is 4.98 Å². The third-order valence-electron chi connectivity index (χ3n) is 5.74. The van der Waals surface area contributed by atoms with Crippen molar-refractivity contribution in [2.24, 2.45) is 5.73 Å². The number of nitrogens with one attached hydrogen (secondary N) is 2. The van der Waals surface area contributed by atoms with Crippen molar-refractivity contribution in [3.63, 3.8) is 0 Å². The second-order valence-corrected chi connectivity index (χ2v) is 8.69. The number of halogens is 1. The number of hydrogen-bond acceptors (Lipinski definition) is 8. The second kappa shape index (κ2) is 9.81. The molecule has 0 bridgehead atoms. The van der Waals surface area contributed by atoms with Crippen LogP contribution < -0.4 is 25.8 Å². The maximum Gasteiger partial charge on any atom is 0.300 e. The van der Waals surface area contributed by atoms with Crippen LogP contribution in [0, 0.1) is 0 Å². The zero-order valence-corrected chi connectivity index (χ0v) is 19.7. The van der Waals surface area contributed by atoms with Crippen LogP contribution in [0.5, 0.6) is 17.2 Å². The smallest absolute Gasteiger partial charge is 0.300 e. The molecule has 1 aliphatic rings. The molecule has 2 aromatic carbocycles. The number of nitrogens with two attached hydrogens (primary N) is 1. The largest absolute Gasteiger partial charge is 0.487 e. The van der Waals surface area contributed by atoms with E-state index in [-0.39, 0.29) is 11.8 Å². The lowest BCUT2D eigenvalue weighted by atomic mass is 10.1. The number of benzene rings is 2. The summed E-state index contributed by atoms with van der Waals surface area (Å²) in [6.07, 6.45) is 3.68. The Hall–Kier alpha value is -3.82. The Bertz CT molecular complexity index is 1370. The van der Waals surface area contributed by atoms with Crippen molar-refractivity contribution < 1.29 is 18.7 Å². The standard InChI is InChI=1S/C25H24ClN5O4/c1-14(19-3-2-9-28-19)33-23-11-15(4-6-18(23)26)30-25-31-20-12-16(5-7-22(20)35-25)34-17-8-10-29-21(13-17)24(27)32/h4-8,10-14,19,28H,2-3,9H2,1H3,(H2,27,32)(H,30,31). The van der Waals surface area contributed by atoms with E-state index in [1.54, 1.807) is 30.3 Å². The van der Waals surface area contributed by atoms with Gasteiger partial charge in [0.15, 0.2) is 5.58 Å². The molecule has 4 N–H and O–H groups in total. The summed E-state index contributed by atoms with van der Waals surface area (Å²) >= 11 is 6.37. The van der Waals surface area contributed by atoms with Gasteiger partial charge in [-0.15, -0.1) is 0 Å². The predicted molar refractivity (Wildman–Crippen MR) is 133 cm³/mol. The molecule has 1 aliphatic heterocycles. The van der Waals surface area contributed by atoms with Crippen molar-refractivity contribution in [1.82, 2.24) is 15.3 Å². The molecule has 0 radical (unpaired) electrons. The number of aromatic nitrogens is 2. The molecule has 2 unspecified atom stereocenters. The third kappa shape index (κ3) is 5.31. The van der Waals surface area contributed by atoms with Gasteiger partial charge in [0.1, 0.15) is 34.6 Å². The molecule has 5 rings (SSSR count). The molecule has 3 heterocycles. The van der Waals surface area contributed by atoms with Crippen LogP contribution in [0.2, 0.25) is 5.02 Å². The van der Waals surface area contributed by atoms with E-state index in [9.17, 15) is 4.79 Å². The van der Waals surface area contributed by atoms with Gasteiger partial charge < -0.3 is 30.3 Å². The van der Waals surface area contributed by atoms with Crippen LogP contribution in [0.3, 0.4) is 0 Å². The summed E-state index contributed by atoms with van der Waals surface area (Å²) in [5.41, 5.74) is 7.31. The maximum atomic E-state index is 11.3. The summed E-state index contributed by atoms with van der Waals surface area (Å²) in [4.78, 5) is 19.8. The zero-order chi connectivity index (χ0) is 24.4. The monoisotopic (exact) mass is 493 g/mol. The molecule has 35 heavy (non-hydrogen) atoms. The molecule has 0 aliphatic carbocycles. The van der Waals surface area contributed by atoms with Crippen LogP contribution >= 0.6 is 11.6 Å². The van der Waals surface area contributed by atoms with E-state index in [2.05, 4.69) is 20.6 Å². The zero-order valence-electron chi connectivity index (χ0n) is 19.0. The Morgan fingerprint density at radius 1 is 1.23 bits per heavy atom. The van der Waals surface area contributed by atoms with E-state index < -0.39 is 5.91 Å². The lowest BCUT2D eigenvalue weighted by molar-refractivity contribution is 0.0995. The number of hydrogen-bond donors (Lipinski definition) is 3. The summed E-state index contributed by atoms with van der Waals surface area (Å²) in [6, 6.07) is 14.4. The van der Waals surface area contributed by atoms with Crippen molar-refractivity contribution in [3.8, 4) is 17.2 Å². The summed E-state index contributed by atoms with van der Waals surface area (Å²) in [5, 5.41) is 7.15. The quantitative estimate of drug-likeness (QED) is 0.312. The minimum Gasteiger partial charge on any atom is -0.487 e. The van der Waals surface area contributed by atoms with Gasteiger partial charge in [-0.25, -0.2) is 0 Å². The van der Waals surface area contributed by atoms with Crippen LogP contribution in [-0.2, 0) is 0 Å². The number of anilines is 2. The Morgan fingerprint density at radius 2 is 2.09 bits per heavy atom. The summed E-state index contributed by atoms with van der Waals surface area (Å²) < 4.78 is 17.8. The number of ether oxygens (including phenoxy) is 2. The van der Waals surface area contributed by atoms with Crippen LogP contribution in [0.1, 0.15) is 30.3 Å². The number of amides is 1. The molecule has 0 spiro atoms. The first-order valence-electron chi connectivity index (χ1n) is 11.3. The fourth-order valence-corrected chi connectivity index (χ4v) is 4.12. The number of fused-ring (bicyclic) bond motifs is 1. The fourth-order valence-electron chi connectivity index (χ4n) is 3.96. The van der Waals surface area contributed by atoms with Crippen molar-refractivity contribution in [3.05, 3.63) is 65.4 Å². The molecule has 1 saturated heterocycles. The molecule has 9 nitrogen and oxygen atoms in total. The van der Waals surface area contributed by atoms with Gasteiger partial charge in [0.05, 0.1) is 5.02 Å². The van der Waals surface area contributed by atoms with Crippen molar-refractivity contribution in [2.45, 2.75) is 31.9 Å². The average Bonchev–Trinajstić information content (AvgIpc) is 3.51.